The lowest BCUT2D eigenvalue weighted by molar-refractivity contribution is -0.0461. The predicted octanol–water partition coefficient (Wildman–Crippen LogP) is -1.42. The van der Waals surface area contributed by atoms with E-state index in [0.717, 1.165) is 4.57 Å². The first-order valence-electron chi connectivity index (χ1n) is 5.99. The minimum absolute atomic E-state index is 0.00707. The molecular formula is C11H16N2O6. The lowest BCUT2D eigenvalue weighted by Gasteiger charge is -2.15. The Balaban J connectivity index is 2.33. The van der Waals surface area contributed by atoms with E-state index < -0.39 is 29.7 Å². The molecule has 2 rings (SSSR count). The summed E-state index contributed by atoms with van der Waals surface area (Å²) in [7, 11) is 0. The van der Waals surface area contributed by atoms with Crippen LogP contribution in [0.4, 0.5) is 0 Å². The van der Waals surface area contributed by atoms with E-state index in [0.29, 0.717) is 0 Å². The first-order chi connectivity index (χ1) is 9.06. The average Bonchev–Trinajstić information content (AvgIpc) is 2.74. The van der Waals surface area contributed by atoms with Crippen molar-refractivity contribution < 1.29 is 19.7 Å². The Hall–Kier alpha value is -1.64. The summed E-state index contributed by atoms with van der Waals surface area (Å²) in [5, 5.41) is 18.6. The van der Waals surface area contributed by atoms with Gasteiger partial charge in [0.1, 0.15) is 12.3 Å². The molecule has 0 radical (unpaired) electrons. The SMILES string of the molecule is CCOc1cn([C@@H]2CC(O)[C@H](CO)O2)c(=O)[nH]c1=O. The molecule has 8 heteroatoms. The molecule has 0 spiro atoms. The van der Waals surface area contributed by atoms with Gasteiger partial charge < -0.3 is 19.7 Å². The van der Waals surface area contributed by atoms with Crippen LogP contribution in [0.3, 0.4) is 0 Å². The van der Waals surface area contributed by atoms with Crippen LogP contribution in [0, 0.1) is 0 Å². The van der Waals surface area contributed by atoms with Crippen molar-refractivity contribution in [1.82, 2.24) is 9.55 Å². The van der Waals surface area contributed by atoms with Gasteiger partial charge in [0.15, 0.2) is 0 Å². The van der Waals surface area contributed by atoms with Crippen LogP contribution in [0.1, 0.15) is 19.6 Å². The highest BCUT2D eigenvalue weighted by atomic mass is 16.5. The van der Waals surface area contributed by atoms with Gasteiger partial charge in [-0.1, -0.05) is 0 Å². The molecule has 0 aromatic carbocycles. The van der Waals surface area contributed by atoms with Crippen molar-refractivity contribution in [3.05, 3.63) is 27.0 Å². The zero-order valence-corrected chi connectivity index (χ0v) is 10.4. The average molecular weight is 272 g/mol. The molecule has 106 valence electrons. The smallest absolute Gasteiger partial charge is 0.330 e. The summed E-state index contributed by atoms with van der Waals surface area (Å²) in [6.45, 7) is 1.66. The van der Waals surface area contributed by atoms with Crippen LogP contribution in [-0.2, 0) is 4.74 Å². The predicted molar refractivity (Wildman–Crippen MR) is 64.1 cm³/mol. The van der Waals surface area contributed by atoms with Gasteiger partial charge >= 0.3 is 5.69 Å². The maximum absolute atomic E-state index is 11.7. The van der Waals surface area contributed by atoms with Gasteiger partial charge in [-0.15, -0.1) is 0 Å². The van der Waals surface area contributed by atoms with Gasteiger partial charge in [-0.2, -0.15) is 0 Å². The molecule has 0 saturated carbocycles. The molecule has 0 aliphatic carbocycles. The van der Waals surface area contributed by atoms with E-state index in [1.54, 1.807) is 6.92 Å². The topological polar surface area (TPSA) is 114 Å². The number of ether oxygens (including phenoxy) is 2. The minimum atomic E-state index is -0.857. The van der Waals surface area contributed by atoms with E-state index in [9.17, 15) is 14.7 Å². The molecule has 0 bridgehead atoms. The Bertz CT molecular complexity index is 551. The lowest BCUT2D eigenvalue weighted by Crippen LogP contribution is -2.33. The summed E-state index contributed by atoms with van der Waals surface area (Å²) >= 11 is 0. The number of hydrogen-bond donors (Lipinski definition) is 3. The molecule has 1 aliphatic heterocycles. The van der Waals surface area contributed by atoms with E-state index in [1.807, 2.05) is 0 Å². The van der Waals surface area contributed by atoms with Crippen LogP contribution < -0.4 is 16.0 Å². The van der Waals surface area contributed by atoms with Crippen LogP contribution in [-0.4, -0.2) is 45.2 Å². The van der Waals surface area contributed by atoms with Crippen LogP contribution >= 0.6 is 0 Å². The van der Waals surface area contributed by atoms with Gasteiger partial charge in [-0.05, 0) is 6.92 Å². The van der Waals surface area contributed by atoms with Gasteiger partial charge in [0.2, 0.25) is 5.75 Å². The summed E-state index contributed by atoms with van der Waals surface area (Å²) < 4.78 is 11.6. The van der Waals surface area contributed by atoms with Gasteiger partial charge in [-0.25, -0.2) is 4.79 Å². The van der Waals surface area contributed by atoms with Crippen molar-refractivity contribution in [2.24, 2.45) is 0 Å². The zero-order valence-electron chi connectivity index (χ0n) is 10.4. The van der Waals surface area contributed by atoms with Gasteiger partial charge in [-0.3, -0.25) is 14.3 Å². The second kappa shape index (κ2) is 5.55. The first-order valence-corrected chi connectivity index (χ1v) is 5.99. The molecule has 8 nitrogen and oxygen atoms in total. The highest BCUT2D eigenvalue weighted by molar-refractivity contribution is 5.12. The zero-order chi connectivity index (χ0) is 14.0. The summed E-state index contributed by atoms with van der Waals surface area (Å²) in [5.41, 5.74) is -1.26. The van der Waals surface area contributed by atoms with Crippen molar-refractivity contribution in [2.75, 3.05) is 13.2 Å². The fraction of sp³-hybridized carbons (Fsp3) is 0.636. The van der Waals surface area contributed by atoms with Gasteiger partial charge in [0.05, 0.1) is 25.5 Å². The molecule has 3 N–H and O–H groups in total. The number of aromatic nitrogens is 2. The van der Waals surface area contributed by atoms with E-state index in [4.69, 9.17) is 14.6 Å². The van der Waals surface area contributed by atoms with Crippen molar-refractivity contribution in [3.63, 3.8) is 0 Å². The number of nitrogens with one attached hydrogen (secondary N) is 1. The Kier molecular flexibility index (Phi) is 4.03. The van der Waals surface area contributed by atoms with Gasteiger partial charge in [0.25, 0.3) is 5.56 Å². The number of nitrogens with zero attached hydrogens (tertiary/aromatic N) is 1. The normalized spacial score (nSPS) is 26.6. The standard InChI is InChI=1S/C11H16N2O6/c1-2-18-7-4-13(11(17)12-10(7)16)9-3-6(15)8(5-14)19-9/h4,6,8-9,14-15H,2-3,5H2,1H3,(H,12,16,17)/t6?,8-,9-/m0/s1. The van der Waals surface area contributed by atoms with E-state index in [-0.39, 0.29) is 25.4 Å². The molecule has 3 atom stereocenters. The molecule has 1 aromatic heterocycles. The van der Waals surface area contributed by atoms with Crippen LogP contribution in [0.25, 0.3) is 0 Å². The number of aliphatic hydroxyl groups is 2. The highest BCUT2D eigenvalue weighted by Gasteiger charge is 2.35. The molecule has 1 aromatic rings. The third-order valence-corrected chi connectivity index (χ3v) is 2.93. The Labute approximate surface area is 108 Å². The monoisotopic (exact) mass is 272 g/mol. The van der Waals surface area contributed by atoms with Crippen molar-refractivity contribution in [2.45, 2.75) is 31.8 Å². The number of hydrogen-bond acceptors (Lipinski definition) is 6. The quantitative estimate of drug-likeness (QED) is 0.619. The van der Waals surface area contributed by atoms with Crippen molar-refractivity contribution >= 4 is 0 Å². The molecule has 0 amide bonds. The summed E-state index contributed by atoms with van der Waals surface area (Å²) in [4.78, 5) is 25.3. The molecule has 2 heterocycles. The number of aromatic amines is 1. The van der Waals surface area contributed by atoms with Crippen LogP contribution in [0.2, 0.25) is 0 Å². The second-order valence-corrected chi connectivity index (χ2v) is 4.21. The summed E-state index contributed by atoms with van der Waals surface area (Å²) in [6.07, 6.45) is -0.927. The largest absolute Gasteiger partial charge is 0.487 e. The van der Waals surface area contributed by atoms with Crippen LogP contribution in [0.15, 0.2) is 15.8 Å². The third kappa shape index (κ3) is 2.70. The summed E-state index contributed by atoms with van der Waals surface area (Å²) in [6, 6.07) is 0. The van der Waals surface area contributed by atoms with E-state index in [1.165, 1.54) is 6.20 Å². The molecule has 1 fully saturated rings. The maximum Gasteiger partial charge on any atom is 0.330 e. The molecule has 1 saturated heterocycles. The molecule has 19 heavy (non-hydrogen) atoms. The second-order valence-electron chi connectivity index (χ2n) is 4.21. The molecule has 1 unspecified atom stereocenters. The Morgan fingerprint density at radius 1 is 1.58 bits per heavy atom. The van der Waals surface area contributed by atoms with E-state index in [2.05, 4.69) is 4.98 Å². The first kappa shape index (κ1) is 13.8. The minimum Gasteiger partial charge on any atom is -0.487 e. The number of aliphatic hydroxyl groups excluding tert-OH is 2. The van der Waals surface area contributed by atoms with Crippen molar-refractivity contribution in [3.8, 4) is 5.75 Å². The van der Waals surface area contributed by atoms with Gasteiger partial charge in [0, 0.05) is 6.42 Å². The molecule has 1 aliphatic rings. The fourth-order valence-electron chi connectivity index (χ4n) is 1.99. The Morgan fingerprint density at radius 3 is 2.89 bits per heavy atom. The van der Waals surface area contributed by atoms with Crippen molar-refractivity contribution in [1.29, 1.82) is 0 Å². The molecular weight excluding hydrogens is 256 g/mol. The third-order valence-electron chi connectivity index (χ3n) is 2.93. The maximum atomic E-state index is 11.7. The van der Waals surface area contributed by atoms with E-state index >= 15 is 0 Å². The highest BCUT2D eigenvalue weighted by Crippen LogP contribution is 2.27. The summed E-state index contributed by atoms with van der Waals surface area (Å²) in [5.74, 6) is 0.00707. The van der Waals surface area contributed by atoms with Crippen LogP contribution in [0.5, 0.6) is 5.75 Å². The number of H-pyrrole nitrogens is 1. The Morgan fingerprint density at radius 2 is 2.32 bits per heavy atom. The lowest BCUT2D eigenvalue weighted by atomic mass is 10.2. The number of rotatable bonds is 4. The fourth-order valence-corrected chi connectivity index (χ4v) is 1.99.